The number of halogens is 1. The second-order valence-corrected chi connectivity index (χ2v) is 6.82. The summed E-state index contributed by atoms with van der Waals surface area (Å²) in [5.74, 6) is 0.857. The normalized spacial score (nSPS) is 11.5. The minimum Gasteiger partial charge on any atom is -0.356 e. The molecule has 0 aliphatic carbocycles. The van der Waals surface area contributed by atoms with E-state index >= 15 is 0 Å². The van der Waals surface area contributed by atoms with Crippen molar-refractivity contribution < 1.29 is 0 Å². The Labute approximate surface area is 168 Å². The molecule has 1 heterocycles. The van der Waals surface area contributed by atoms with Crippen molar-refractivity contribution in [2.75, 3.05) is 33.2 Å². The molecule has 24 heavy (non-hydrogen) atoms. The van der Waals surface area contributed by atoms with E-state index < -0.39 is 0 Å². The number of aryl methyl sites for hydroxylation is 1. The van der Waals surface area contributed by atoms with Crippen LogP contribution in [0.1, 0.15) is 49.9 Å². The highest BCUT2D eigenvalue weighted by Gasteiger charge is 2.04. The van der Waals surface area contributed by atoms with E-state index in [4.69, 9.17) is 0 Å². The minimum absolute atomic E-state index is 0. The maximum atomic E-state index is 4.42. The van der Waals surface area contributed by atoms with Crippen LogP contribution in [0.2, 0.25) is 0 Å². The van der Waals surface area contributed by atoms with E-state index in [1.54, 1.807) is 11.3 Å². The third kappa shape index (κ3) is 9.78. The summed E-state index contributed by atoms with van der Waals surface area (Å²) in [4.78, 5) is 12.6. The van der Waals surface area contributed by atoms with Crippen molar-refractivity contribution in [3.8, 4) is 0 Å². The Kier molecular flexibility index (Phi) is 14.6. The third-order valence-corrected chi connectivity index (χ3v) is 4.75. The van der Waals surface area contributed by atoms with Gasteiger partial charge in [0.15, 0.2) is 5.96 Å². The molecular weight excluding hydrogens is 433 g/mol. The molecule has 0 saturated carbocycles. The van der Waals surface area contributed by atoms with Crippen LogP contribution in [0.4, 0.5) is 0 Å². The van der Waals surface area contributed by atoms with E-state index in [0.717, 1.165) is 43.4 Å². The summed E-state index contributed by atoms with van der Waals surface area (Å²) >= 11 is 1.77. The van der Waals surface area contributed by atoms with Gasteiger partial charge in [0.1, 0.15) is 5.01 Å². The van der Waals surface area contributed by atoms with E-state index in [0.29, 0.717) is 0 Å². The predicted molar refractivity (Wildman–Crippen MR) is 117 cm³/mol. The number of guanidine groups is 1. The van der Waals surface area contributed by atoms with Crippen molar-refractivity contribution in [1.82, 2.24) is 20.5 Å². The Morgan fingerprint density at radius 3 is 2.42 bits per heavy atom. The fourth-order valence-corrected chi connectivity index (χ4v) is 3.25. The van der Waals surface area contributed by atoms with Crippen molar-refractivity contribution in [1.29, 1.82) is 0 Å². The second kappa shape index (κ2) is 14.9. The van der Waals surface area contributed by atoms with Crippen molar-refractivity contribution in [2.24, 2.45) is 4.99 Å². The summed E-state index contributed by atoms with van der Waals surface area (Å²) in [5, 5.41) is 7.84. The van der Waals surface area contributed by atoms with Gasteiger partial charge in [-0.15, -0.1) is 35.3 Å². The van der Waals surface area contributed by atoms with Gasteiger partial charge >= 0.3 is 0 Å². The molecule has 7 heteroatoms. The first-order valence-electron chi connectivity index (χ1n) is 8.83. The lowest BCUT2D eigenvalue weighted by Crippen LogP contribution is -2.38. The van der Waals surface area contributed by atoms with E-state index in [2.05, 4.69) is 46.3 Å². The minimum atomic E-state index is 0. The molecule has 0 aromatic carbocycles. The highest BCUT2D eigenvalue weighted by Crippen LogP contribution is 2.12. The van der Waals surface area contributed by atoms with Crippen LogP contribution in [-0.2, 0) is 13.0 Å². The third-order valence-electron chi connectivity index (χ3n) is 3.60. The SMILES string of the molecule is CCCN(CCC)CCCNC(=NC)NCc1ncc(CC)s1.I. The number of aliphatic imine (C=N–C) groups is 1. The van der Waals surface area contributed by atoms with Gasteiger partial charge in [0, 0.05) is 24.7 Å². The topological polar surface area (TPSA) is 52.5 Å². The van der Waals surface area contributed by atoms with Crippen molar-refractivity contribution in [3.63, 3.8) is 0 Å². The number of nitrogens with zero attached hydrogens (tertiary/aromatic N) is 3. The highest BCUT2D eigenvalue weighted by molar-refractivity contribution is 14.0. The van der Waals surface area contributed by atoms with Gasteiger partial charge in [-0.3, -0.25) is 4.99 Å². The van der Waals surface area contributed by atoms with Gasteiger partial charge in [-0.05, 0) is 45.3 Å². The molecule has 5 nitrogen and oxygen atoms in total. The van der Waals surface area contributed by atoms with Gasteiger partial charge in [-0.2, -0.15) is 0 Å². The number of hydrogen-bond donors (Lipinski definition) is 2. The lowest BCUT2D eigenvalue weighted by molar-refractivity contribution is 0.271. The van der Waals surface area contributed by atoms with E-state index in [-0.39, 0.29) is 24.0 Å². The molecular formula is C17H34IN5S. The number of nitrogens with one attached hydrogen (secondary N) is 2. The van der Waals surface area contributed by atoms with Crippen LogP contribution in [-0.4, -0.2) is 49.1 Å². The van der Waals surface area contributed by atoms with Gasteiger partial charge in [0.25, 0.3) is 0 Å². The molecule has 1 aromatic rings. The summed E-state index contributed by atoms with van der Waals surface area (Å²) in [7, 11) is 1.81. The largest absolute Gasteiger partial charge is 0.356 e. The first-order valence-corrected chi connectivity index (χ1v) is 9.65. The van der Waals surface area contributed by atoms with Crippen LogP contribution >= 0.6 is 35.3 Å². The van der Waals surface area contributed by atoms with Crippen LogP contribution in [0.25, 0.3) is 0 Å². The monoisotopic (exact) mass is 467 g/mol. The number of thiazole rings is 1. The van der Waals surface area contributed by atoms with Crippen molar-refractivity contribution >= 4 is 41.3 Å². The van der Waals surface area contributed by atoms with Crippen LogP contribution < -0.4 is 10.6 Å². The lowest BCUT2D eigenvalue weighted by atomic mass is 10.3. The Morgan fingerprint density at radius 2 is 1.88 bits per heavy atom. The standard InChI is InChI=1S/C17H33N5S.HI/c1-5-10-22(11-6-2)12-8-9-19-17(18-4)21-14-16-20-13-15(7-3)23-16;/h13H,5-12,14H2,1-4H3,(H2,18,19,21);1H. The zero-order chi connectivity index (χ0) is 16.9. The first-order chi connectivity index (χ1) is 11.2. The Morgan fingerprint density at radius 1 is 1.17 bits per heavy atom. The summed E-state index contributed by atoms with van der Waals surface area (Å²) < 4.78 is 0. The van der Waals surface area contributed by atoms with Crippen molar-refractivity contribution in [3.05, 3.63) is 16.1 Å². The lowest BCUT2D eigenvalue weighted by Gasteiger charge is -2.21. The van der Waals surface area contributed by atoms with Crippen LogP contribution in [0.5, 0.6) is 0 Å². The average molecular weight is 467 g/mol. The van der Waals surface area contributed by atoms with Gasteiger partial charge < -0.3 is 15.5 Å². The van der Waals surface area contributed by atoms with Crippen LogP contribution in [0.3, 0.4) is 0 Å². The molecule has 0 radical (unpaired) electrons. The fraction of sp³-hybridized carbons (Fsp3) is 0.765. The zero-order valence-corrected chi connectivity index (χ0v) is 18.7. The molecule has 0 bridgehead atoms. The highest BCUT2D eigenvalue weighted by atomic mass is 127. The molecule has 0 aliphatic heterocycles. The summed E-state index contributed by atoms with van der Waals surface area (Å²) in [6, 6.07) is 0. The molecule has 0 atom stereocenters. The Hall–Kier alpha value is -0.410. The fourth-order valence-electron chi connectivity index (χ4n) is 2.45. The van der Waals surface area contributed by atoms with Gasteiger partial charge in [0.2, 0.25) is 0 Å². The molecule has 0 spiro atoms. The predicted octanol–water partition coefficient (Wildman–Crippen LogP) is 3.50. The summed E-state index contributed by atoms with van der Waals surface area (Å²) in [6.45, 7) is 11.9. The van der Waals surface area contributed by atoms with E-state index in [1.807, 2.05) is 13.2 Å². The summed E-state index contributed by atoms with van der Waals surface area (Å²) in [6.07, 6.45) is 6.61. The number of aromatic nitrogens is 1. The van der Waals surface area contributed by atoms with Gasteiger partial charge in [-0.25, -0.2) is 4.98 Å². The second-order valence-electron chi connectivity index (χ2n) is 5.62. The quantitative estimate of drug-likeness (QED) is 0.226. The molecule has 1 aromatic heterocycles. The molecule has 0 saturated heterocycles. The van der Waals surface area contributed by atoms with E-state index in [1.165, 1.54) is 30.8 Å². The Bertz CT molecular complexity index is 444. The smallest absolute Gasteiger partial charge is 0.191 e. The van der Waals surface area contributed by atoms with Gasteiger partial charge in [-0.1, -0.05) is 20.8 Å². The van der Waals surface area contributed by atoms with E-state index in [9.17, 15) is 0 Å². The zero-order valence-electron chi connectivity index (χ0n) is 15.6. The van der Waals surface area contributed by atoms with Crippen molar-refractivity contribution in [2.45, 2.75) is 53.0 Å². The first kappa shape index (κ1) is 23.6. The maximum Gasteiger partial charge on any atom is 0.191 e. The molecule has 0 aliphatic rings. The molecule has 0 fully saturated rings. The molecule has 0 amide bonds. The molecule has 2 N–H and O–H groups in total. The average Bonchev–Trinajstić information content (AvgIpc) is 3.02. The molecule has 1 rings (SSSR count). The number of rotatable bonds is 11. The van der Waals surface area contributed by atoms with Gasteiger partial charge in [0.05, 0.1) is 6.54 Å². The van der Waals surface area contributed by atoms with Crippen LogP contribution in [0, 0.1) is 0 Å². The Balaban J connectivity index is 0.00000529. The number of hydrogen-bond acceptors (Lipinski definition) is 4. The molecule has 140 valence electrons. The maximum absolute atomic E-state index is 4.42. The van der Waals surface area contributed by atoms with Crippen LogP contribution in [0.15, 0.2) is 11.2 Å². The molecule has 0 unspecified atom stereocenters. The summed E-state index contributed by atoms with van der Waals surface area (Å²) in [5.41, 5.74) is 0.